The summed E-state index contributed by atoms with van der Waals surface area (Å²) in [6, 6.07) is 0. The summed E-state index contributed by atoms with van der Waals surface area (Å²) in [7, 11) is -6.62. The molecule has 0 bridgehead atoms. The van der Waals surface area contributed by atoms with E-state index in [1.54, 1.807) is 6.92 Å². The Morgan fingerprint density at radius 2 is 2.00 bits per heavy atom. The second-order valence-electron chi connectivity index (χ2n) is 4.43. The van der Waals surface area contributed by atoms with Crippen molar-refractivity contribution in [2.75, 3.05) is 16.2 Å². The average molecular weight is 293 g/mol. The number of H-pyrrole nitrogens is 1. The molecule has 0 unspecified atom stereocenters. The molecule has 2 heterocycles. The SMILES string of the molecule is Cc1cn[nH]c1NS(=O)(=O)C1CCS(=O)(=O)CC1. The van der Waals surface area contributed by atoms with E-state index in [-0.39, 0.29) is 24.3 Å². The number of aromatic amines is 1. The number of aryl methyl sites for hydroxylation is 1. The van der Waals surface area contributed by atoms with Crippen LogP contribution in [-0.2, 0) is 19.9 Å². The molecule has 1 aromatic rings. The first-order valence-electron chi connectivity index (χ1n) is 5.52. The van der Waals surface area contributed by atoms with Gasteiger partial charge in [0.1, 0.15) is 15.7 Å². The molecule has 1 aliphatic heterocycles. The molecule has 0 radical (unpaired) electrons. The topological polar surface area (TPSA) is 109 Å². The van der Waals surface area contributed by atoms with E-state index in [1.165, 1.54) is 6.20 Å². The van der Waals surface area contributed by atoms with Gasteiger partial charge in [0, 0.05) is 5.56 Å². The van der Waals surface area contributed by atoms with Gasteiger partial charge in [-0.2, -0.15) is 5.10 Å². The van der Waals surface area contributed by atoms with E-state index >= 15 is 0 Å². The largest absolute Gasteiger partial charge is 0.267 e. The summed E-state index contributed by atoms with van der Waals surface area (Å²) in [4.78, 5) is 0. The van der Waals surface area contributed by atoms with Gasteiger partial charge in [0.2, 0.25) is 10.0 Å². The minimum absolute atomic E-state index is 0.0689. The molecule has 0 saturated carbocycles. The first-order valence-corrected chi connectivity index (χ1v) is 8.89. The summed E-state index contributed by atoms with van der Waals surface area (Å²) in [5, 5.41) is 5.62. The van der Waals surface area contributed by atoms with Crippen molar-refractivity contribution in [2.24, 2.45) is 0 Å². The van der Waals surface area contributed by atoms with E-state index in [0.717, 1.165) is 0 Å². The standard InChI is InChI=1S/C9H15N3O4S2/c1-7-6-10-11-9(7)12-18(15,16)8-2-4-17(13,14)5-3-8/h6,8H,2-5H2,1H3,(H2,10,11,12). The lowest BCUT2D eigenvalue weighted by Gasteiger charge is -2.22. The lowest BCUT2D eigenvalue weighted by Crippen LogP contribution is -2.36. The third-order valence-corrected chi connectivity index (χ3v) is 6.57. The Kier molecular flexibility index (Phi) is 3.37. The van der Waals surface area contributed by atoms with Gasteiger partial charge in [0.05, 0.1) is 23.0 Å². The number of sulfonamides is 1. The molecule has 7 nitrogen and oxygen atoms in total. The van der Waals surface area contributed by atoms with Crippen LogP contribution in [0.15, 0.2) is 6.20 Å². The molecule has 0 aromatic carbocycles. The smallest absolute Gasteiger partial charge is 0.236 e. The van der Waals surface area contributed by atoms with Gasteiger partial charge >= 0.3 is 0 Å². The van der Waals surface area contributed by atoms with Crippen LogP contribution in [0.4, 0.5) is 5.82 Å². The molecule has 1 fully saturated rings. The summed E-state index contributed by atoms with van der Waals surface area (Å²) in [6.45, 7) is 1.73. The van der Waals surface area contributed by atoms with Crippen LogP contribution >= 0.6 is 0 Å². The normalized spacial score (nSPS) is 20.7. The summed E-state index contributed by atoms with van der Waals surface area (Å²) in [6.07, 6.45) is 1.80. The number of hydrogen-bond donors (Lipinski definition) is 2. The summed E-state index contributed by atoms with van der Waals surface area (Å²) in [5.74, 6) is 0.199. The highest BCUT2D eigenvalue weighted by Gasteiger charge is 2.33. The number of nitrogens with zero attached hydrogens (tertiary/aromatic N) is 1. The summed E-state index contributed by atoms with van der Waals surface area (Å²) in [5.41, 5.74) is 0.696. The molecule has 18 heavy (non-hydrogen) atoms. The predicted octanol–water partition coefficient (Wildman–Crippen LogP) is 0.0370. The molecule has 2 N–H and O–H groups in total. The lowest BCUT2D eigenvalue weighted by molar-refractivity contribution is 0.555. The Balaban J connectivity index is 2.11. The molecule has 2 rings (SSSR count). The van der Waals surface area contributed by atoms with Crippen molar-refractivity contribution in [2.45, 2.75) is 25.0 Å². The quantitative estimate of drug-likeness (QED) is 0.817. The van der Waals surface area contributed by atoms with Crippen LogP contribution < -0.4 is 4.72 Å². The highest BCUT2D eigenvalue weighted by molar-refractivity contribution is 7.94. The third kappa shape index (κ3) is 2.83. The van der Waals surface area contributed by atoms with Crippen molar-refractivity contribution in [3.8, 4) is 0 Å². The van der Waals surface area contributed by atoms with E-state index in [2.05, 4.69) is 14.9 Å². The van der Waals surface area contributed by atoms with Gasteiger partial charge < -0.3 is 0 Å². The van der Waals surface area contributed by atoms with E-state index < -0.39 is 25.1 Å². The number of anilines is 1. The first-order chi connectivity index (χ1) is 8.30. The molecule has 1 aliphatic rings. The fourth-order valence-electron chi connectivity index (χ4n) is 1.85. The zero-order valence-electron chi connectivity index (χ0n) is 9.88. The zero-order valence-corrected chi connectivity index (χ0v) is 11.5. The Hall–Kier alpha value is -1.09. The van der Waals surface area contributed by atoms with E-state index in [9.17, 15) is 16.8 Å². The highest BCUT2D eigenvalue weighted by Crippen LogP contribution is 2.22. The van der Waals surface area contributed by atoms with Gasteiger partial charge in [0.25, 0.3) is 0 Å². The van der Waals surface area contributed by atoms with Crippen molar-refractivity contribution in [1.82, 2.24) is 10.2 Å². The molecule has 0 amide bonds. The molecule has 0 aliphatic carbocycles. The lowest BCUT2D eigenvalue weighted by atomic mass is 10.2. The molecule has 9 heteroatoms. The third-order valence-electron chi connectivity index (χ3n) is 3.01. The van der Waals surface area contributed by atoms with Crippen LogP contribution in [0, 0.1) is 6.92 Å². The van der Waals surface area contributed by atoms with Crippen molar-refractivity contribution in [3.63, 3.8) is 0 Å². The van der Waals surface area contributed by atoms with Crippen LogP contribution in [0.3, 0.4) is 0 Å². The van der Waals surface area contributed by atoms with Gasteiger partial charge in [-0.05, 0) is 19.8 Å². The van der Waals surface area contributed by atoms with E-state index in [4.69, 9.17) is 0 Å². The van der Waals surface area contributed by atoms with E-state index in [0.29, 0.717) is 11.4 Å². The first kappa shape index (κ1) is 13.3. The van der Waals surface area contributed by atoms with Crippen molar-refractivity contribution in [3.05, 3.63) is 11.8 Å². The molecule has 0 atom stereocenters. The van der Waals surface area contributed by atoms with Gasteiger partial charge in [-0.3, -0.25) is 9.82 Å². The van der Waals surface area contributed by atoms with Crippen LogP contribution in [0.2, 0.25) is 0 Å². The fraction of sp³-hybridized carbons (Fsp3) is 0.667. The Morgan fingerprint density at radius 1 is 1.39 bits per heavy atom. The van der Waals surface area contributed by atoms with Gasteiger partial charge in [-0.1, -0.05) is 0 Å². The number of nitrogens with one attached hydrogen (secondary N) is 2. The number of sulfone groups is 1. The van der Waals surface area contributed by atoms with Gasteiger partial charge in [0.15, 0.2) is 0 Å². The molecular formula is C9H15N3O4S2. The molecule has 102 valence electrons. The molecule has 0 spiro atoms. The molecule has 1 saturated heterocycles. The minimum atomic E-state index is -3.56. The maximum atomic E-state index is 12.1. The van der Waals surface area contributed by atoms with Crippen molar-refractivity contribution in [1.29, 1.82) is 0 Å². The van der Waals surface area contributed by atoms with Gasteiger partial charge in [-0.25, -0.2) is 16.8 Å². The zero-order chi connectivity index (χ0) is 13.4. The van der Waals surface area contributed by atoms with Gasteiger partial charge in [-0.15, -0.1) is 0 Å². The Labute approximate surface area is 106 Å². The molecule has 1 aromatic heterocycles. The monoisotopic (exact) mass is 293 g/mol. The number of rotatable bonds is 3. The van der Waals surface area contributed by atoms with Crippen LogP contribution in [-0.4, -0.2) is 43.8 Å². The van der Waals surface area contributed by atoms with Crippen molar-refractivity contribution < 1.29 is 16.8 Å². The average Bonchev–Trinajstić information content (AvgIpc) is 2.63. The fourth-order valence-corrected chi connectivity index (χ4v) is 5.16. The predicted molar refractivity (Wildman–Crippen MR) is 67.5 cm³/mol. The number of aromatic nitrogens is 2. The Morgan fingerprint density at radius 3 is 2.50 bits per heavy atom. The minimum Gasteiger partial charge on any atom is -0.267 e. The highest BCUT2D eigenvalue weighted by atomic mass is 32.2. The number of hydrogen-bond acceptors (Lipinski definition) is 5. The van der Waals surface area contributed by atoms with Crippen LogP contribution in [0.5, 0.6) is 0 Å². The maximum Gasteiger partial charge on any atom is 0.236 e. The molecular weight excluding hydrogens is 278 g/mol. The Bertz CT molecular complexity index is 619. The van der Waals surface area contributed by atoms with E-state index in [1.807, 2.05) is 0 Å². The van der Waals surface area contributed by atoms with Crippen LogP contribution in [0.1, 0.15) is 18.4 Å². The summed E-state index contributed by atoms with van der Waals surface area (Å²) >= 11 is 0. The summed E-state index contributed by atoms with van der Waals surface area (Å²) < 4.78 is 49.1. The second-order valence-corrected chi connectivity index (χ2v) is 8.69. The van der Waals surface area contributed by atoms with Crippen molar-refractivity contribution >= 4 is 25.7 Å². The van der Waals surface area contributed by atoms with Crippen LogP contribution in [0.25, 0.3) is 0 Å². The second kappa shape index (κ2) is 4.54. The maximum absolute atomic E-state index is 12.1.